The van der Waals surface area contributed by atoms with Crippen molar-refractivity contribution in [1.29, 1.82) is 0 Å². The summed E-state index contributed by atoms with van der Waals surface area (Å²) in [7, 11) is 0. The molecule has 2 aromatic rings. The van der Waals surface area contributed by atoms with Crippen molar-refractivity contribution in [2.24, 2.45) is 4.99 Å². The number of guanidine groups is 1. The van der Waals surface area contributed by atoms with Crippen LogP contribution in [0.1, 0.15) is 18.9 Å². The second-order valence-corrected chi connectivity index (χ2v) is 7.23. The van der Waals surface area contributed by atoms with Crippen LogP contribution in [0.2, 0.25) is 0 Å². The molecule has 0 spiro atoms. The Kier molecular flexibility index (Phi) is 8.87. The SMILES string of the molecule is CCNC(=NCc1cc(Br)ccc1F)NC1CCN(c2ncccc2F)C1.I. The highest BCUT2D eigenvalue weighted by atomic mass is 127. The zero-order valence-electron chi connectivity index (χ0n) is 15.5. The number of pyridine rings is 1. The minimum atomic E-state index is -0.316. The molecule has 1 aromatic heterocycles. The summed E-state index contributed by atoms with van der Waals surface area (Å²) in [6.07, 6.45) is 2.43. The third-order valence-corrected chi connectivity index (χ3v) is 4.82. The molecule has 1 saturated heterocycles. The lowest BCUT2D eigenvalue weighted by Crippen LogP contribution is -2.44. The van der Waals surface area contributed by atoms with Crippen molar-refractivity contribution in [2.45, 2.75) is 25.9 Å². The number of rotatable bonds is 5. The fraction of sp³-hybridized carbons (Fsp3) is 0.368. The fourth-order valence-electron chi connectivity index (χ4n) is 3.02. The molecule has 1 aliphatic heterocycles. The molecule has 2 heterocycles. The van der Waals surface area contributed by atoms with E-state index in [-0.39, 0.29) is 48.2 Å². The molecule has 1 aliphatic rings. The summed E-state index contributed by atoms with van der Waals surface area (Å²) in [5, 5.41) is 6.53. The molecule has 2 N–H and O–H groups in total. The number of aromatic nitrogens is 1. The van der Waals surface area contributed by atoms with Crippen LogP contribution in [0.4, 0.5) is 14.6 Å². The van der Waals surface area contributed by atoms with Gasteiger partial charge in [-0.25, -0.2) is 18.8 Å². The molecule has 9 heteroatoms. The summed E-state index contributed by atoms with van der Waals surface area (Å²) in [5.74, 6) is 0.393. The minimum absolute atomic E-state index is 0. The molecule has 0 amide bonds. The van der Waals surface area contributed by atoms with Crippen LogP contribution in [-0.2, 0) is 6.54 Å². The van der Waals surface area contributed by atoms with Gasteiger partial charge in [0.25, 0.3) is 0 Å². The summed E-state index contributed by atoms with van der Waals surface area (Å²) in [5.41, 5.74) is 0.519. The van der Waals surface area contributed by atoms with Crippen LogP contribution in [0.3, 0.4) is 0 Å². The smallest absolute Gasteiger partial charge is 0.191 e. The van der Waals surface area contributed by atoms with Gasteiger partial charge >= 0.3 is 0 Å². The van der Waals surface area contributed by atoms with E-state index in [1.54, 1.807) is 24.4 Å². The summed E-state index contributed by atoms with van der Waals surface area (Å²) >= 11 is 3.35. The zero-order chi connectivity index (χ0) is 19.2. The van der Waals surface area contributed by atoms with Gasteiger partial charge in [0.15, 0.2) is 17.6 Å². The Bertz CT molecular complexity index is 821. The van der Waals surface area contributed by atoms with Crippen molar-refractivity contribution in [1.82, 2.24) is 15.6 Å². The lowest BCUT2D eigenvalue weighted by molar-refractivity contribution is 0.607. The van der Waals surface area contributed by atoms with E-state index < -0.39 is 0 Å². The standard InChI is InChI=1S/C19H22BrF2N5.HI/c1-2-23-19(25-11-13-10-14(20)5-6-16(13)21)26-15-7-9-27(12-15)18-17(22)4-3-8-24-18;/h3-6,8,10,15H,2,7,9,11-12H2,1H3,(H2,23,25,26);1H. The maximum Gasteiger partial charge on any atom is 0.191 e. The largest absolute Gasteiger partial charge is 0.357 e. The van der Waals surface area contributed by atoms with Gasteiger partial charge in [-0.05, 0) is 43.7 Å². The van der Waals surface area contributed by atoms with E-state index in [2.05, 4.69) is 36.5 Å². The average Bonchev–Trinajstić information content (AvgIpc) is 3.11. The molecule has 28 heavy (non-hydrogen) atoms. The van der Waals surface area contributed by atoms with E-state index in [4.69, 9.17) is 0 Å². The second kappa shape index (κ2) is 10.9. The fourth-order valence-corrected chi connectivity index (χ4v) is 3.43. The molecule has 0 aliphatic carbocycles. The first-order chi connectivity index (χ1) is 13.1. The van der Waals surface area contributed by atoms with Gasteiger partial charge in [-0.3, -0.25) is 0 Å². The number of nitrogens with one attached hydrogen (secondary N) is 2. The third kappa shape index (κ3) is 6.00. The van der Waals surface area contributed by atoms with Crippen LogP contribution in [0.25, 0.3) is 0 Å². The second-order valence-electron chi connectivity index (χ2n) is 6.32. The predicted molar refractivity (Wildman–Crippen MR) is 122 cm³/mol. The molecule has 3 rings (SSSR count). The van der Waals surface area contributed by atoms with E-state index in [0.717, 1.165) is 10.9 Å². The molecular weight excluding hydrogens is 543 g/mol. The van der Waals surface area contributed by atoms with E-state index in [1.165, 1.54) is 12.1 Å². The van der Waals surface area contributed by atoms with E-state index >= 15 is 0 Å². The average molecular weight is 566 g/mol. The van der Waals surface area contributed by atoms with Crippen molar-refractivity contribution in [3.63, 3.8) is 0 Å². The Hall–Kier alpha value is -1.49. The maximum atomic E-state index is 13.9. The van der Waals surface area contributed by atoms with Crippen molar-refractivity contribution in [2.75, 3.05) is 24.5 Å². The van der Waals surface area contributed by atoms with Gasteiger partial charge in [0.05, 0.1) is 6.54 Å². The third-order valence-electron chi connectivity index (χ3n) is 4.33. The number of anilines is 1. The van der Waals surface area contributed by atoms with Crippen molar-refractivity contribution in [3.8, 4) is 0 Å². The Labute approximate surface area is 189 Å². The molecule has 152 valence electrons. The first kappa shape index (κ1) is 22.8. The van der Waals surface area contributed by atoms with E-state index in [1.807, 2.05) is 11.8 Å². The molecule has 0 radical (unpaired) electrons. The highest BCUT2D eigenvalue weighted by Crippen LogP contribution is 2.21. The molecule has 0 saturated carbocycles. The Morgan fingerprint density at radius 3 is 2.89 bits per heavy atom. The van der Waals surface area contributed by atoms with Gasteiger partial charge in [-0.15, -0.1) is 24.0 Å². The normalized spacial score (nSPS) is 16.6. The zero-order valence-corrected chi connectivity index (χ0v) is 19.4. The molecule has 1 aromatic carbocycles. The Morgan fingerprint density at radius 1 is 1.32 bits per heavy atom. The predicted octanol–water partition coefficient (Wildman–Crippen LogP) is 4.07. The number of halogens is 4. The van der Waals surface area contributed by atoms with Gasteiger partial charge in [0, 0.05) is 41.9 Å². The summed E-state index contributed by atoms with van der Waals surface area (Å²) in [4.78, 5) is 10.5. The van der Waals surface area contributed by atoms with E-state index in [9.17, 15) is 8.78 Å². The molecule has 5 nitrogen and oxygen atoms in total. The lowest BCUT2D eigenvalue weighted by atomic mass is 10.2. The number of nitrogens with zero attached hydrogens (tertiary/aromatic N) is 3. The van der Waals surface area contributed by atoms with Gasteiger partial charge in [0.2, 0.25) is 0 Å². The maximum absolute atomic E-state index is 13.9. The lowest BCUT2D eigenvalue weighted by Gasteiger charge is -2.20. The summed E-state index contributed by atoms with van der Waals surface area (Å²) < 4.78 is 28.7. The monoisotopic (exact) mass is 565 g/mol. The van der Waals surface area contributed by atoms with Crippen LogP contribution < -0.4 is 15.5 Å². The van der Waals surface area contributed by atoms with Crippen LogP contribution in [0.5, 0.6) is 0 Å². The van der Waals surface area contributed by atoms with Crippen molar-refractivity contribution < 1.29 is 8.78 Å². The van der Waals surface area contributed by atoms with Crippen LogP contribution in [0.15, 0.2) is 46.0 Å². The number of benzene rings is 1. The topological polar surface area (TPSA) is 52.6 Å². The van der Waals surface area contributed by atoms with Gasteiger partial charge in [-0.2, -0.15) is 0 Å². The highest BCUT2D eigenvalue weighted by molar-refractivity contribution is 14.0. The first-order valence-corrected chi connectivity index (χ1v) is 9.70. The Balaban J connectivity index is 0.00000280. The molecular formula is C19H23BrF2IN5. The highest BCUT2D eigenvalue weighted by Gasteiger charge is 2.25. The number of aliphatic imine (C=N–C) groups is 1. The Morgan fingerprint density at radius 2 is 2.14 bits per heavy atom. The van der Waals surface area contributed by atoms with Crippen molar-refractivity contribution in [3.05, 3.63) is 58.2 Å². The number of hydrogen-bond acceptors (Lipinski definition) is 3. The van der Waals surface area contributed by atoms with Gasteiger partial charge in [-0.1, -0.05) is 15.9 Å². The van der Waals surface area contributed by atoms with Crippen LogP contribution >= 0.6 is 39.9 Å². The molecule has 0 bridgehead atoms. The van der Waals surface area contributed by atoms with Gasteiger partial charge < -0.3 is 15.5 Å². The minimum Gasteiger partial charge on any atom is -0.357 e. The van der Waals surface area contributed by atoms with Crippen LogP contribution in [-0.4, -0.2) is 36.6 Å². The summed E-state index contributed by atoms with van der Waals surface area (Å²) in [6.45, 7) is 4.24. The molecule has 1 unspecified atom stereocenters. The molecule has 1 fully saturated rings. The first-order valence-electron chi connectivity index (χ1n) is 8.91. The summed E-state index contributed by atoms with van der Waals surface area (Å²) in [6, 6.07) is 7.92. The quantitative estimate of drug-likeness (QED) is 0.326. The van der Waals surface area contributed by atoms with Crippen molar-refractivity contribution >= 4 is 51.7 Å². The molecule has 1 atom stereocenters. The van der Waals surface area contributed by atoms with E-state index in [0.29, 0.717) is 37.0 Å². The number of hydrogen-bond donors (Lipinski definition) is 2. The van der Waals surface area contributed by atoms with Crippen LogP contribution in [0, 0.1) is 11.6 Å². The van der Waals surface area contributed by atoms with Gasteiger partial charge in [0.1, 0.15) is 5.82 Å².